The van der Waals surface area contributed by atoms with Crippen LogP contribution in [0.1, 0.15) is 13.8 Å². The van der Waals surface area contributed by atoms with E-state index in [-0.39, 0.29) is 11.8 Å². The Hall–Kier alpha value is -2.24. The van der Waals surface area contributed by atoms with E-state index in [1.165, 1.54) is 0 Å². The van der Waals surface area contributed by atoms with E-state index >= 15 is 0 Å². The highest BCUT2D eigenvalue weighted by Gasteiger charge is 2.22. The summed E-state index contributed by atoms with van der Waals surface area (Å²) in [5.74, 6) is 0.436. The summed E-state index contributed by atoms with van der Waals surface area (Å²) < 4.78 is 5.45. The lowest BCUT2D eigenvalue weighted by Crippen LogP contribution is -2.51. The Morgan fingerprint density at radius 3 is 2.45 bits per heavy atom. The highest BCUT2D eigenvalue weighted by molar-refractivity contribution is 5.86. The fraction of sp³-hybridized carbons (Fsp3) is 0.429. The fourth-order valence-corrected chi connectivity index (χ4v) is 1.66. The van der Waals surface area contributed by atoms with Gasteiger partial charge in [0.2, 0.25) is 5.91 Å². The van der Waals surface area contributed by atoms with E-state index in [1.807, 2.05) is 44.2 Å². The number of carbonyl (C=O) groups excluding carboxylic acids is 2. The van der Waals surface area contributed by atoms with Crippen molar-refractivity contribution < 1.29 is 14.3 Å². The van der Waals surface area contributed by atoms with Crippen molar-refractivity contribution in [3.05, 3.63) is 30.3 Å². The highest BCUT2D eigenvalue weighted by Crippen LogP contribution is 2.07. The second kappa shape index (κ2) is 8.04. The van der Waals surface area contributed by atoms with E-state index < -0.39 is 12.1 Å². The van der Waals surface area contributed by atoms with Crippen molar-refractivity contribution in [2.45, 2.75) is 19.9 Å². The minimum atomic E-state index is -0.709. The number of primary amides is 1. The maximum absolute atomic E-state index is 11.9. The molecule has 1 unspecified atom stereocenters. The lowest BCUT2D eigenvalue weighted by atomic mass is 10.0. The molecular weight excluding hydrogens is 258 g/mol. The smallest absolute Gasteiger partial charge is 0.312 e. The first-order chi connectivity index (χ1) is 9.50. The molecule has 6 nitrogen and oxygen atoms in total. The molecule has 110 valence electrons. The average molecular weight is 279 g/mol. The maximum atomic E-state index is 11.9. The third kappa shape index (κ3) is 5.60. The molecule has 1 aromatic carbocycles. The number of hydrogen-bond acceptors (Lipinski definition) is 3. The molecule has 1 atom stereocenters. The minimum absolute atomic E-state index is 0.0439. The molecule has 4 N–H and O–H groups in total. The molecule has 0 aliphatic rings. The monoisotopic (exact) mass is 279 g/mol. The summed E-state index contributed by atoms with van der Waals surface area (Å²) in [6.07, 6.45) is 0. The summed E-state index contributed by atoms with van der Waals surface area (Å²) in [5.41, 5.74) is 5.05. The van der Waals surface area contributed by atoms with Gasteiger partial charge >= 0.3 is 6.03 Å². The van der Waals surface area contributed by atoms with Crippen LogP contribution in [0.5, 0.6) is 5.75 Å². The number of carbonyl (C=O) groups is 2. The van der Waals surface area contributed by atoms with Crippen LogP contribution in [0.4, 0.5) is 4.79 Å². The molecule has 0 aromatic heterocycles. The van der Waals surface area contributed by atoms with Gasteiger partial charge in [-0.05, 0) is 18.1 Å². The van der Waals surface area contributed by atoms with E-state index in [0.717, 1.165) is 5.75 Å². The molecule has 0 bridgehead atoms. The number of rotatable bonds is 7. The van der Waals surface area contributed by atoms with Crippen molar-refractivity contribution >= 4 is 11.9 Å². The summed E-state index contributed by atoms with van der Waals surface area (Å²) in [6, 6.07) is 7.99. The Balaban J connectivity index is 2.32. The normalized spacial score (nSPS) is 11.8. The van der Waals surface area contributed by atoms with Crippen molar-refractivity contribution in [1.82, 2.24) is 10.6 Å². The van der Waals surface area contributed by atoms with Crippen LogP contribution in [0.2, 0.25) is 0 Å². The standard InChI is InChI=1S/C14H21N3O3/c1-10(2)12(17-14(15)19)13(18)16-8-9-20-11-6-4-3-5-7-11/h3-7,10,12H,8-9H2,1-2H3,(H,16,18)(H3,15,17,19). The molecule has 1 aromatic rings. The molecule has 0 aliphatic heterocycles. The van der Waals surface area contributed by atoms with Gasteiger partial charge in [-0.2, -0.15) is 0 Å². The predicted molar refractivity (Wildman–Crippen MR) is 76.3 cm³/mol. The first-order valence-electron chi connectivity index (χ1n) is 6.52. The molecule has 1 rings (SSSR count). The first kappa shape index (κ1) is 15.8. The van der Waals surface area contributed by atoms with Gasteiger partial charge in [-0.3, -0.25) is 4.79 Å². The predicted octanol–water partition coefficient (Wildman–Crippen LogP) is 0.875. The topological polar surface area (TPSA) is 93.5 Å². The number of urea groups is 1. The summed E-state index contributed by atoms with van der Waals surface area (Å²) >= 11 is 0. The molecule has 6 heteroatoms. The van der Waals surface area contributed by atoms with Gasteiger partial charge in [0, 0.05) is 0 Å². The molecule has 0 aliphatic carbocycles. The van der Waals surface area contributed by atoms with Crippen LogP contribution in [0.15, 0.2) is 30.3 Å². The zero-order valence-corrected chi connectivity index (χ0v) is 11.8. The molecule has 0 saturated carbocycles. The summed E-state index contributed by atoms with van der Waals surface area (Å²) in [4.78, 5) is 22.7. The second-order valence-corrected chi connectivity index (χ2v) is 4.68. The molecule has 0 spiro atoms. The van der Waals surface area contributed by atoms with Crippen LogP contribution < -0.4 is 21.1 Å². The van der Waals surface area contributed by atoms with Crippen molar-refractivity contribution in [1.29, 1.82) is 0 Å². The maximum Gasteiger partial charge on any atom is 0.312 e. The van der Waals surface area contributed by atoms with Gasteiger partial charge in [0.25, 0.3) is 0 Å². The van der Waals surface area contributed by atoms with Gasteiger partial charge in [-0.15, -0.1) is 0 Å². The third-order valence-electron chi connectivity index (χ3n) is 2.66. The molecule has 0 heterocycles. The minimum Gasteiger partial charge on any atom is -0.492 e. The van der Waals surface area contributed by atoms with E-state index in [2.05, 4.69) is 10.6 Å². The van der Waals surface area contributed by atoms with Gasteiger partial charge in [0.05, 0.1) is 6.54 Å². The summed E-state index contributed by atoms with van der Waals surface area (Å²) in [5, 5.41) is 5.13. The molecule has 3 amide bonds. The molecule has 20 heavy (non-hydrogen) atoms. The number of para-hydroxylation sites is 1. The van der Waals surface area contributed by atoms with Gasteiger partial charge in [0.15, 0.2) is 0 Å². The van der Waals surface area contributed by atoms with Crippen LogP contribution in [0.3, 0.4) is 0 Å². The fourth-order valence-electron chi connectivity index (χ4n) is 1.66. The zero-order valence-electron chi connectivity index (χ0n) is 11.8. The van der Waals surface area contributed by atoms with Crippen LogP contribution in [0, 0.1) is 5.92 Å². The number of amides is 3. The number of hydrogen-bond donors (Lipinski definition) is 3. The molecular formula is C14H21N3O3. The van der Waals surface area contributed by atoms with E-state index in [4.69, 9.17) is 10.5 Å². The van der Waals surface area contributed by atoms with Crippen LogP contribution >= 0.6 is 0 Å². The van der Waals surface area contributed by atoms with Gasteiger partial charge in [-0.25, -0.2) is 4.79 Å². The van der Waals surface area contributed by atoms with Crippen molar-refractivity contribution in [2.75, 3.05) is 13.2 Å². The number of nitrogens with one attached hydrogen (secondary N) is 2. The summed E-state index contributed by atoms with van der Waals surface area (Å²) in [7, 11) is 0. The van der Waals surface area contributed by atoms with Gasteiger partial charge in [0.1, 0.15) is 18.4 Å². The van der Waals surface area contributed by atoms with E-state index in [1.54, 1.807) is 0 Å². The lowest BCUT2D eigenvalue weighted by Gasteiger charge is -2.20. The zero-order chi connectivity index (χ0) is 15.0. The summed E-state index contributed by atoms with van der Waals surface area (Å²) in [6.45, 7) is 4.38. The highest BCUT2D eigenvalue weighted by atomic mass is 16.5. The molecule has 0 fully saturated rings. The van der Waals surface area contributed by atoms with Crippen LogP contribution in [-0.2, 0) is 4.79 Å². The lowest BCUT2D eigenvalue weighted by molar-refractivity contribution is -0.123. The SMILES string of the molecule is CC(C)C(NC(N)=O)C(=O)NCCOc1ccccc1. The first-order valence-corrected chi connectivity index (χ1v) is 6.52. The van der Waals surface area contributed by atoms with Crippen molar-refractivity contribution in [3.63, 3.8) is 0 Å². The quantitative estimate of drug-likeness (QED) is 0.647. The second-order valence-electron chi connectivity index (χ2n) is 4.68. The Morgan fingerprint density at radius 1 is 1.25 bits per heavy atom. The van der Waals surface area contributed by atoms with Crippen LogP contribution in [-0.4, -0.2) is 31.1 Å². The third-order valence-corrected chi connectivity index (χ3v) is 2.66. The van der Waals surface area contributed by atoms with Crippen molar-refractivity contribution in [3.8, 4) is 5.75 Å². The Labute approximate surface area is 118 Å². The van der Waals surface area contributed by atoms with Gasteiger partial charge < -0.3 is 21.1 Å². The Morgan fingerprint density at radius 2 is 1.90 bits per heavy atom. The molecule has 0 radical (unpaired) electrons. The molecule has 0 saturated heterocycles. The van der Waals surface area contributed by atoms with Crippen LogP contribution in [0.25, 0.3) is 0 Å². The number of benzene rings is 1. The number of nitrogens with two attached hydrogens (primary N) is 1. The van der Waals surface area contributed by atoms with Gasteiger partial charge in [-0.1, -0.05) is 32.0 Å². The average Bonchev–Trinajstić information content (AvgIpc) is 2.41. The Kier molecular flexibility index (Phi) is 6.36. The van der Waals surface area contributed by atoms with E-state index in [9.17, 15) is 9.59 Å². The number of ether oxygens (including phenoxy) is 1. The van der Waals surface area contributed by atoms with Crippen molar-refractivity contribution in [2.24, 2.45) is 11.7 Å². The largest absolute Gasteiger partial charge is 0.492 e. The Bertz CT molecular complexity index is 435. The van der Waals surface area contributed by atoms with E-state index in [0.29, 0.717) is 13.2 Å².